The number of hydrogen-bond acceptors (Lipinski definition) is 4. The van der Waals surface area contributed by atoms with E-state index >= 15 is 0 Å². The van der Waals surface area contributed by atoms with Gasteiger partial charge < -0.3 is 0 Å². The zero-order valence-electron chi connectivity index (χ0n) is 15.1. The Bertz CT molecular complexity index is 1010. The van der Waals surface area contributed by atoms with Gasteiger partial charge in [0.1, 0.15) is 0 Å². The van der Waals surface area contributed by atoms with Crippen LogP contribution in [0.5, 0.6) is 0 Å². The number of imide groups is 2. The maximum absolute atomic E-state index is 12.7. The molecule has 6 heteroatoms. The summed E-state index contributed by atoms with van der Waals surface area (Å²) in [6, 6.07) is 12.3. The van der Waals surface area contributed by atoms with Gasteiger partial charge in [-0.1, -0.05) is 36.4 Å². The summed E-state index contributed by atoms with van der Waals surface area (Å²) in [7, 11) is 0. The highest BCUT2D eigenvalue weighted by Gasteiger charge is 2.46. The number of carbonyl (C=O) groups is 4. The molecular weight excluding hydrogens is 344 g/mol. The van der Waals surface area contributed by atoms with Crippen LogP contribution in [0.15, 0.2) is 42.5 Å². The standard InChI is InChI=1S/C21H18N2O4/c1-12(2)23-20(26)19(25)22(21(23)27)11-18(24)15-8-7-14-9-13-5-3-4-6-16(13)17(14)10-15/h3-8,10,12H,9,11H2,1-2H3. The molecule has 0 radical (unpaired) electrons. The lowest BCUT2D eigenvalue weighted by atomic mass is 10.0. The van der Waals surface area contributed by atoms with Gasteiger partial charge >= 0.3 is 17.8 Å². The van der Waals surface area contributed by atoms with Gasteiger partial charge in [-0.25, -0.2) is 9.69 Å². The predicted molar refractivity (Wildman–Crippen MR) is 98.1 cm³/mol. The second kappa shape index (κ2) is 6.16. The maximum Gasteiger partial charge on any atom is 0.334 e. The molecule has 2 aromatic carbocycles. The Labute approximate surface area is 156 Å². The van der Waals surface area contributed by atoms with Crippen LogP contribution in [-0.4, -0.2) is 46.0 Å². The van der Waals surface area contributed by atoms with Gasteiger partial charge in [-0.2, -0.15) is 0 Å². The summed E-state index contributed by atoms with van der Waals surface area (Å²) in [6.45, 7) is 2.85. The van der Waals surface area contributed by atoms with Crippen molar-refractivity contribution in [3.63, 3.8) is 0 Å². The SMILES string of the molecule is CC(C)N1C(=O)C(=O)N(CC(=O)c2ccc3c(c2)-c2ccccc2C3)C1=O. The number of ketones is 1. The number of Topliss-reactive ketones (excluding diaryl/α,β-unsaturated/α-hetero) is 1. The summed E-state index contributed by atoms with van der Waals surface area (Å²) in [4.78, 5) is 50.8. The van der Waals surface area contributed by atoms with Crippen molar-refractivity contribution in [2.45, 2.75) is 26.3 Å². The van der Waals surface area contributed by atoms with Crippen molar-refractivity contribution in [1.29, 1.82) is 0 Å². The number of hydrogen-bond donors (Lipinski definition) is 0. The summed E-state index contributed by atoms with van der Waals surface area (Å²) >= 11 is 0. The van der Waals surface area contributed by atoms with Gasteiger partial charge in [0.25, 0.3) is 0 Å². The third-order valence-corrected chi connectivity index (χ3v) is 5.02. The molecule has 0 aromatic heterocycles. The van der Waals surface area contributed by atoms with Crippen LogP contribution in [0.4, 0.5) is 4.79 Å². The molecule has 27 heavy (non-hydrogen) atoms. The molecule has 0 bridgehead atoms. The Morgan fingerprint density at radius 2 is 1.67 bits per heavy atom. The molecule has 0 atom stereocenters. The van der Waals surface area contributed by atoms with Crippen LogP contribution in [0.2, 0.25) is 0 Å². The third kappa shape index (κ3) is 2.65. The fraction of sp³-hybridized carbons (Fsp3) is 0.238. The Balaban J connectivity index is 1.60. The zero-order chi connectivity index (χ0) is 19.3. The number of carbonyl (C=O) groups excluding carboxylic acids is 4. The van der Waals surface area contributed by atoms with E-state index in [0.717, 1.165) is 32.9 Å². The first kappa shape index (κ1) is 17.1. The molecule has 1 saturated heterocycles. The molecule has 0 N–H and O–H groups in total. The first-order valence-electron chi connectivity index (χ1n) is 8.82. The van der Waals surface area contributed by atoms with Crippen molar-refractivity contribution >= 4 is 23.6 Å². The number of urea groups is 1. The minimum absolute atomic E-state index is 0.373. The second-order valence-electron chi connectivity index (χ2n) is 7.07. The highest BCUT2D eigenvalue weighted by molar-refractivity contribution is 6.45. The van der Waals surface area contributed by atoms with Crippen molar-refractivity contribution in [2.24, 2.45) is 0 Å². The van der Waals surface area contributed by atoms with Crippen LogP contribution >= 0.6 is 0 Å². The van der Waals surface area contributed by atoms with Crippen LogP contribution in [0.3, 0.4) is 0 Å². The van der Waals surface area contributed by atoms with E-state index in [0.29, 0.717) is 5.56 Å². The average molecular weight is 362 g/mol. The van der Waals surface area contributed by atoms with Gasteiger partial charge in [0.05, 0.1) is 6.54 Å². The molecule has 2 aliphatic rings. The topological polar surface area (TPSA) is 74.8 Å². The van der Waals surface area contributed by atoms with E-state index in [1.54, 1.807) is 26.0 Å². The number of rotatable bonds is 4. The van der Waals surface area contributed by atoms with Gasteiger partial charge in [-0.05, 0) is 48.6 Å². The van der Waals surface area contributed by atoms with Crippen molar-refractivity contribution in [2.75, 3.05) is 6.54 Å². The molecule has 0 unspecified atom stereocenters. The highest BCUT2D eigenvalue weighted by Crippen LogP contribution is 2.36. The minimum Gasteiger partial charge on any atom is -0.292 e. The van der Waals surface area contributed by atoms with E-state index in [9.17, 15) is 19.2 Å². The fourth-order valence-corrected chi connectivity index (χ4v) is 3.65. The maximum atomic E-state index is 12.7. The van der Waals surface area contributed by atoms with Gasteiger partial charge in [0, 0.05) is 11.6 Å². The largest absolute Gasteiger partial charge is 0.334 e. The Morgan fingerprint density at radius 1 is 0.963 bits per heavy atom. The molecule has 1 aliphatic carbocycles. The van der Waals surface area contributed by atoms with Gasteiger partial charge in [0.15, 0.2) is 5.78 Å². The van der Waals surface area contributed by atoms with Crippen LogP contribution in [0.25, 0.3) is 11.1 Å². The Kier molecular flexibility index (Phi) is 3.91. The summed E-state index contributed by atoms with van der Waals surface area (Å²) in [5.41, 5.74) is 4.86. The van der Waals surface area contributed by atoms with E-state index in [2.05, 4.69) is 6.07 Å². The molecule has 4 rings (SSSR count). The highest BCUT2D eigenvalue weighted by atomic mass is 16.2. The fourth-order valence-electron chi connectivity index (χ4n) is 3.65. The van der Waals surface area contributed by atoms with E-state index in [1.807, 2.05) is 24.3 Å². The number of benzene rings is 2. The number of amides is 4. The van der Waals surface area contributed by atoms with Crippen molar-refractivity contribution < 1.29 is 19.2 Å². The molecule has 1 aliphatic heterocycles. The number of nitrogens with zero attached hydrogens (tertiary/aromatic N) is 2. The monoisotopic (exact) mass is 362 g/mol. The molecule has 2 aromatic rings. The van der Waals surface area contributed by atoms with E-state index in [1.165, 1.54) is 5.56 Å². The molecular formula is C21H18N2O4. The van der Waals surface area contributed by atoms with Gasteiger partial charge in [-0.3, -0.25) is 19.3 Å². The molecule has 4 amide bonds. The van der Waals surface area contributed by atoms with Crippen LogP contribution < -0.4 is 0 Å². The minimum atomic E-state index is -0.950. The van der Waals surface area contributed by atoms with E-state index < -0.39 is 30.4 Å². The van der Waals surface area contributed by atoms with Crippen LogP contribution in [0.1, 0.15) is 35.3 Å². The molecule has 136 valence electrons. The van der Waals surface area contributed by atoms with Gasteiger partial charge in [-0.15, -0.1) is 0 Å². The van der Waals surface area contributed by atoms with Crippen molar-refractivity contribution in [1.82, 2.24) is 9.80 Å². The lowest BCUT2D eigenvalue weighted by molar-refractivity contribution is -0.143. The molecule has 0 spiro atoms. The molecule has 1 heterocycles. The average Bonchev–Trinajstić information content (AvgIpc) is 3.11. The first-order valence-corrected chi connectivity index (χ1v) is 8.82. The van der Waals surface area contributed by atoms with Gasteiger partial charge in [0.2, 0.25) is 0 Å². The predicted octanol–water partition coefficient (Wildman–Crippen LogP) is 2.64. The Morgan fingerprint density at radius 3 is 2.37 bits per heavy atom. The summed E-state index contributed by atoms with van der Waals surface area (Å²) in [5.74, 6) is -2.21. The normalized spacial score (nSPS) is 15.6. The molecule has 1 fully saturated rings. The summed E-state index contributed by atoms with van der Waals surface area (Å²) in [5, 5.41) is 0. The molecule has 0 saturated carbocycles. The lowest BCUT2D eigenvalue weighted by Crippen LogP contribution is -2.39. The first-order chi connectivity index (χ1) is 12.9. The second-order valence-corrected chi connectivity index (χ2v) is 7.07. The van der Waals surface area contributed by atoms with Crippen molar-refractivity contribution in [3.8, 4) is 11.1 Å². The van der Waals surface area contributed by atoms with E-state index in [4.69, 9.17) is 0 Å². The molecule has 6 nitrogen and oxygen atoms in total. The zero-order valence-corrected chi connectivity index (χ0v) is 15.1. The number of fused-ring (bicyclic) bond motifs is 3. The quantitative estimate of drug-likeness (QED) is 0.406. The van der Waals surface area contributed by atoms with Crippen LogP contribution in [-0.2, 0) is 16.0 Å². The summed E-state index contributed by atoms with van der Waals surface area (Å²) < 4.78 is 0. The summed E-state index contributed by atoms with van der Waals surface area (Å²) in [6.07, 6.45) is 0.820. The smallest absolute Gasteiger partial charge is 0.292 e. The Hall–Kier alpha value is -3.28. The van der Waals surface area contributed by atoms with E-state index in [-0.39, 0.29) is 5.78 Å². The third-order valence-electron chi connectivity index (χ3n) is 5.02. The lowest BCUT2D eigenvalue weighted by Gasteiger charge is -2.18. The van der Waals surface area contributed by atoms with Crippen LogP contribution in [0, 0.1) is 0 Å². The van der Waals surface area contributed by atoms with Crippen molar-refractivity contribution in [3.05, 3.63) is 59.2 Å².